The fourth-order valence-electron chi connectivity index (χ4n) is 2.39. The maximum atomic E-state index is 3.99. The van der Waals surface area contributed by atoms with E-state index in [1.807, 2.05) is 6.07 Å². The summed E-state index contributed by atoms with van der Waals surface area (Å²) in [6.07, 6.45) is 1.79. The quantitative estimate of drug-likeness (QED) is 0.878. The van der Waals surface area contributed by atoms with Gasteiger partial charge in [0, 0.05) is 24.5 Å². The number of nitrogens with zero attached hydrogens (tertiary/aromatic N) is 1. The van der Waals surface area contributed by atoms with Crippen LogP contribution in [0.5, 0.6) is 0 Å². The number of rotatable bonds is 4. The summed E-state index contributed by atoms with van der Waals surface area (Å²) >= 11 is 0. The fourth-order valence-corrected chi connectivity index (χ4v) is 2.39. The van der Waals surface area contributed by atoms with E-state index in [1.54, 1.807) is 6.20 Å². The second-order valence-electron chi connectivity index (χ2n) is 6.12. The molecule has 0 unspecified atom stereocenters. The maximum absolute atomic E-state index is 3.99. The van der Waals surface area contributed by atoms with Gasteiger partial charge >= 0.3 is 0 Å². The second kappa shape index (κ2) is 5.57. The molecule has 0 radical (unpaired) electrons. The number of aromatic nitrogens is 2. The Labute approximate surface area is 115 Å². The molecule has 0 spiro atoms. The van der Waals surface area contributed by atoms with Gasteiger partial charge in [-0.05, 0) is 29.5 Å². The lowest BCUT2D eigenvalue weighted by Crippen LogP contribution is -2.32. The van der Waals surface area contributed by atoms with Crippen molar-refractivity contribution in [1.29, 1.82) is 0 Å². The molecule has 1 atom stereocenters. The Bertz CT molecular complexity index is 509. The average Bonchev–Trinajstić information content (AvgIpc) is 2.83. The van der Waals surface area contributed by atoms with Crippen LogP contribution in [0.1, 0.15) is 43.6 Å². The van der Waals surface area contributed by atoms with Gasteiger partial charge in [-0.2, -0.15) is 5.10 Å². The molecule has 2 N–H and O–H groups in total. The minimum atomic E-state index is 0.159. The summed E-state index contributed by atoms with van der Waals surface area (Å²) in [5, 5.41) is 10.6. The SMILES string of the molecule is Cc1ccccc1[C@H](NCc1ccn[nH]1)C(C)(C)C. The monoisotopic (exact) mass is 257 g/mol. The Morgan fingerprint density at radius 2 is 1.95 bits per heavy atom. The van der Waals surface area contributed by atoms with Gasteiger partial charge in [0.2, 0.25) is 0 Å². The van der Waals surface area contributed by atoms with E-state index in [2.05, 4.69) is 67.5 Å². The molecule has 0 aliphatic rings. The topological polar surface area (TPSA) is 40.7 Å². The fraction of sp³-hybridized carbons (Fsp3) is 0.438. The summed E-state index contributed by atoms with van der Waals surface area (Å²) in [5.41, 5.74) is 3.98. The highest BCUT2D eigenvalue weighted by atomic mass is 15.1. The van der Waals surface area contributed by atoms with Crippen LogP contribution in [0.2, 0.25) is 0 Å². The predicted octanol–water partition coefficient (Wildman–Crippen LogP) is 3.60. The van der Waals surface area contributed by atoms with E-state index in [0.29, 0.717) is 6.04 Å². The first-order valence-corrected chi connectivity index (χ1v) is 6.75. The van der Waals surface area contributed by atoms with E-state index in [4.69, 9.17) is 0 Å². The van der Waals surface area contributed by atoms with Crippen LogP contribution in [-0.4, -0.2) is 10.2 Å². The molecule has 2 aromatic rings. The first kappa shape index (κ1) is 13.8. The van der Waals surface area contributed by atoms with Crippen molar-refractivity contribution in [3.63, 3.8) is 0 Å². The van der Waals surface area contributed by atoms with Crippen LogP contribution in [-0.2, 0) is 6.54 Å². The first-order chi connectivity index (χ1) is 8.98. The molecule has 0 saturated heterocycles. The van der Waals surface area contributed by atoms with Crippen LogP contribution in [0.4, 0.5) is 0 Å². The van der Waals surface area contributed by atoms with Crippen molar-refractivity contribution in [2.75, 3.05) is 0 Å². The predicted molar refractivity (Wildman–Crippen MR) is 78.8 cm³/mol. The van der Waals surface area contributed by atoms with Gasteiger partial charge in [0.15, 0.2) is 0 Å². The van der Waals surface area contributed by atoms with E-state index in [-0.39, 0.29) is 5.41 Å². The Balaban J connectivity index is 2.20. The van der Waals surface area contributed by atoms with Gasteiger partial charge in [-0.3, -0.25) is 5.10 Å². The summed E-state index contributed by atoms with van der Waals surface area (Å²) in [4.78, 5) is 0. The Morgan fingerprint density at radius 1 is 1.21 bits per heavy atom. The largest absolute Gasteiger partial charge is 0.304 e. The van der Waals surface area contributed by atoms with E-state index in [0.717, 1.165) is 12.2 Å². The molecule has 0 amide bonds. The van der Waals surface area contributed by atoms with Gasteiger partial charge < -0.3 is 5.32 Å². The molecule has 0 bridgehead atoms. The van der Waals surface area contributed by atoms with Crippen LogP contribution in [0.25, 0.3) is 0 Å². The number of aryl methyl sites for hydroxylation is 1. The van der Waals surface area contributed by atoms with Gasteiger partial charge in [0.1, 0.15) is 0 Å². The highest BCUT2D eigenvalue weighted by molar-refractivity contribution is 5.30. The van der Waals surface area contributed by atoms with Gasteiger partial charge in [0.05, 0.1) is 0 Å². The molecule has 102 valence electrons. The number of benzene rings is 1. The third kappa shape index (κ3) is 3.44. The zero-order chi connectivity index (χ0) is 13.9. The highest BCUT2D eigenvalue weighted by Crippen LogP contribution is 2.34. The van der Waals surface area contributed by atoms with Crippen molar-refractivity contribution in [3.05, 3.63) is 53.3 Å². The van der Waals surface area contributed by atoms with Crippen molar-refractivity contribution in [3.8, 4) is 0 Å². The Morgan fingerprint density at radius 3 is 2.53 bits per heavy atom. The molecular formula is C16H23N3. The molecule has 1 aromatic carbocycles. The van der Waals surface area contributed by atoms with Crippen molar-refractivity contribution >= 4 is 0 Å². The lowest BCUT2D eigenvalue weighted by molar-refractivity contribution is 0.269. The minimum Gasteiger partial charge on any atom is -0.304 e. The number of aromatic amines is 1. The molecule has 3 nitrogen and oxygen atoms in total. The smallest absolute Gasteiger partial charge is 0.0490 e. The number of nitrogens with one attached hydrogen (secondary N) is 2. The first-order valence-electron chi connectivity index (χ1n) is 6.75. The van der Waals surface area contributed by atoms with Crippen molar-refractivity contribution in [1.82, 2.24) is 15.5 Å². The van der Waals surface area contributed by atoms with E-state index < -0.39 is 0 Å². The molecule has 1 heterocycles. The number of hydrogen-bond acceptors (Lipinski definition) is 2. The van der Waals surface area contributed by atoms with Gasteiger partial charge in [-0.25, -0.2) is 0 Å². The van der Waals surface area contributed by atoms with Crippen LogP contribution in [0.15, 0.2) is 36.5 Å². The number of H-pyrrole nitrogens is 1. The molecule has 2 rings (SSSR count). The third-order valence-corrected chi connectivity index (χ3v) is 3.42. The van der Waals surface area contributed by atoms with Crippen LogP contribution >= 0.6 is 0 Å². The maximum Gasteiger partial charge on any atom is 0.0490 e. The lowest BCUT2D eigenvalue weighted by Gasteiger charge is -2.33. The zero-order valence-electron chi connectivity index (χ0n) is 12.2. The molecule has 0 saturated carbocycles. The van der Waals surface area contributed by atoms with Gasteiger partial charge in [-0.15, -0.1) is 0 Å². The van der Waals surface area contributed by atoms with Crippen molar-refractivity contribution in [2.24, 2.45) is 5.41 Å². The summed E-state index contributed by atoms with van der Waals surface area (Å²) in [6.45, 7) is 9.78. The van der Waals surface area contributed by atoms with Crippen LogP contribution < -0.4 is 5.32 Å². The lowest BCUT2D eigenvalue weighted by atomic mass is 9.81. The zero-order valence-corrected chi connectivity index (χ0v) is 12.2. The van der Waals surface area contributed by atoms with Crippen molar-refractivity contribution < 1.29 is 0 Å². The molecule has 0 fully saturated rings. The van der Waals surface area contributed by atoms with Crippen molar-refractivity contribution in [2.45, 2.75) is 40.3 Å². The van der Waals surface area contributed by atoms with E-state index >= 15 is 0 Å². The molecule has 19 heavy (non-hydrogen) atoms. The normalized spacial score (nSPS) is 13.5. The highest BCUT2D eigenvalue weighted by Gasteiger charge is 2.26. The standard InChI is InChI=1S/C16H23N3/c1-12-7-5-6-8-14(12)15(16(2,3)4)17-11-13-9-10-18-19-13/h5-10,15,17H,11H2,1-4H3,(H,18,19)/t15-/m0/s1. The Hall–Kier alpha value is -1.61. The summed E-state index contributed by atoms with van der Waals surface area (Å²) < 4.78 is 0. The summed E-state index contributed by atoms with van der Waals surface area (Å²) in [6, 6.07) is 10.9. The molecule has 3 heteroatoms. The number of hydrogen-bond donors (Lipinski definition) is 2. The van der Waals surface area contributed by atoms with Crippen LogP contribution in [0.3, 0.4) is 0 Å². The Kier molecular flexibility index (Phi) is 4.05. The van der Waals surface area contributed by atoms with E-state index in [1.165, 1.54) is 11.1 Å². The average molecular weight is 257 g/mol. The molecule has 0 aliphatic carbocycles. The van der Waals surface area contributed by atoms with Crippen LogP contribution in [0, 0.1) is 12.3 Å². The third-order valence-electron chi connectivity index (χ3n) is 3.42. The van der Waals surface area contributed by atoms with E-state index in [9.17, 15) is 0 Å². The molecule has 1 aromatic heterocycles. The summed E-state index contributed by atoms with van der Waals surface area (Å²) in [5.74, 6) is 0. The molecule has 0 aliphatic heterocycles. The van der Waals surface area contributed by atoms with Gasteiger partial charge in [0.25, 0.3) is 0 Å². The summed E-state index contributed by atoms with van der Waals surface area (Å²) in [7, 11) is 0. The minimum absolute atomic E-state index is 0.159. The van der Waals surface area contributed by atoms with Gasteiger partial charge in [-0.1, -0.05) is 45.0 Å². The second-order valence-corrected chi connectivity index (χ2v) is 6.12. The molecular weight excluding hydrogens is 234 g/mol.